The number of ether oxygens (including phenoxy) is 1. The van der Waals surface area contributed by atoms with Gasteiger partial charge < -0.3 is 4.74 Å². The zero-order valence-corrected chi connectivity index (χ0v) is 9.18. The number of rotatable bonds is 3. The molecule has 0 bridgehead atoms. The van der Waals surface area contributed by atoms with Crippen LogP contribution in [0.2, 0.25) is 0 Å². The van der Waals surface area contributed by atoms with E-state index in [0.717, 1.165) is 6.61 Å². The molecule has 2 aromatic rings. The van der Waals surface area contributed by atoms with Crippen molar-refractivity contribution in [1.29, 1.82) is 0 Å². The molecular weight excluding hydrogens is 186 g/mol. The van der Waals surface area contributed by atoms with Gasteiger partial charge in [-0.05, 0) is 19.1 Å². The van der Waals surface area contributed by atoms with Gasteiger partial charge in [0.1, 0.15) is 0 Å². The van der Waals surface area contributed by atoms with Crippen molar-refractivity contribution in [2.24, 2.45) is 0 Å². The van der Waals surface area contributed by atoms with Crippen molar-refractivity contribution < 1.29 is 9.30 Å². The van der Waals surface area contributed by atoms with Crippen LogP contribution in [0.3, 0.4) is 0 Å². The van der Waals surface area contributed by atoms with E-state index >= 15 is 0 Å². The molecule has 2 heteroatoms. The van der Waals surface area contributed by atoms with E-state index < -0.39 is 0 Å². The molecular formula is C13H16NO+. The number of fused-ring (bicyclic) bond motifs is 1. The molecule has 0 aliphatic carbocycles. The molecule has 0 saturated heterocycles. The molecule has 1 heterocycles. The third-order valence-electron chi connectivity index (χ3n) is 2.54. The average molecular weight is 202 g/mol. The summed E-state index contributed by atoms with van der Waals surface area (Å²) in [5.41, 5.74) is 1.21. The first kappa shape index (κ1) is 10.1. The van der Waals surface area contributed by atoms with Gasteiger partial charge in [-0.15, -0.1) is 0 Å². The van der Waals surface area contributed by atoms with Gasteiger partial charge in [0.2, 0.25) is 5.52 Å². The Morgan fingerprint density at radius 2 is 1.93 bits per heavy atom. The summed E-state index contributed by atoms with van der Waals surface area (Å²) < 4.78 is 7.75. The van der Waals surface area contributed by atoms with Crippen LogP contribution in [-0.2, 0) is 4.74 Å². The molecule has 15 heavy (non-hydrogen) atoms. The van der Waals surface area contributed by atoms with Crippen LogP contribution < -0.4 is 4.57 Å². The minimum Gasteiger partial charge on any atom is -0.321 e. The lowest BCUT2D eigenvalue weighted by Gasteiger charge is -2.08. The van der Waals surface area contributed by atoms with Crippen LogP contribution in [-0.4, -0.2) is 6.61 Å². The number of benzene rings is 1. The Morgan fingerprint density at radius 3 is 2.73 bits per heavy atom. The van der Waals surface area contributed by atoms with Crippen molar-refractivity contribution in [2.45, 2.75) is 20.1 Å². The number of hydrogen-bond donors (Lipinski definition) is 0. The average Bonchev–Trinajstić information content (AvgIpc) is 2.28. The SMILES string of the molecule is CCOC(C)[n+]1cccc2ccccc21. The molecule has 2 rings (SSSR count). The van der Waals surface area contributed by atoms with E-state index in [9.17, 15) is 0 Å². The van der Waals surface area contributed by atoms with Crippen molar-refractivity contribution in [3.05, 3.63) is 42.6 Å². The first-order valence-corrected chi connectivity index (χ1v) is 5.33. The fourth-order valence-electron chi connectivity index (χ4n) is 1.82. The fraction of sp³-hybridized carbons (Fsp3) is 0.308. The topological polar surface area (TPSA) is 13.1 Å². The van der Waals surface area contributed by atoms with E-state index in [1.54, 1.807) is 0 Å². The van der Waals surface area contributed by atoms with Crippen LogP contribution in [0.15, 0.2) is 42.6 Å². The predicted molar refractivity (Wildman–Crippen MR) is 60.5 cm³/mol. The maximum absolute atomic E-state index is 5.60. The molecule has 0 spiro atoms. The molecule has 1 atom stereocenters. The zero-order valence-electron chi connectivity index (χ0n) is 9.18. The van der Waals surface area contributed by atoms with E-state index in [0.29, 0.717) is 0 Å². The monoisotopic (exact) mass is 202 g/mol. The number of nitrogens with zero attached hydrogens (tertiary/aromatic N) is 1. The molecule has 0 saturated carbocycles. The highest BCUT2D eigenvalue weighted by Crippen LogP contribution is 2.10. The van der Waals surface area contributed by atoms with Gasteiger partial charge in [0, 0.05) is 24.4 Å². The summed E-state index contributed by atoms with van der Waals surface area (Å²) in [5, 5.41) is 1.24. The molecule has 0 aliphatic heterocycles. The Balaban J connectivity index is 2.50. The van der Waals surface area contributed by atoms with Gasteiger partial charge in [0.25, 0.3) is 6.23 Å². The fourth-order valence-corrected chi connectivity index (χ4v) is 1.82. The first-order valence-electron chi connectivity index (χ1n) is 5.33. The van der Waals surface area contributed by atoms with Crippen molar-refractivity contribution in [2.75, 3.05) is 6.61 Å². The Morgan fingerprint density at radius 1 is 1.20 bits per heavy atom. The molecule has 0 N–H and O–H groups in total. The summed E-state index contributed by atoms with van der Waals surface area (Å²) >= 11 is 0. The van der Waals surface area contributed by atoms with Gasteiger partial charge in [-0.1, -0.05) is 12.1 Å². The molecule has 1 aromatic carbocycles. The molecule has 0 radical (unpaired) electrons. The van der Waals surface area contributed by atoms with Crippen LogP contribution in [0.25, 0.3) is 10.9 Å². The summed E-state index contributed by atoms with van der Waals surface area (Å²) in [6.07, 6.45) is 2.14. The lowest BCUT2D eigenvalue weighted by molar-refractivity contribution is -0.736. The highest BCUT2D eigenvalue weighted by Gasteiger charge is 2.14. The third-order valence-corrected chi connectivity index (χ3v) is 2.54. The molecule has 2 nitrogen and oxygen atoms in total. The quantitative estimate of drug-likeness (QED) is 0.697. The Labute approximate surface area is 90.1 Å². The smallest absolute Gasteiger partial charge is 0.260 e. The largest absolute Gasteiger partial charge is 0.321 e. The minimum absolute atomic E-state index is 0.0844. The Hall–Kier alpha value is -1.41. The van der Waals surface area contributed by atoms with E-state index in [1.807, 2.05) is 6.92 Å². The summed E-state index contributed by atoms with van der Waals surface area (Å²) in [6.45, 7) is 4.81. The first-order chi connectivity index (χ1) is 7.33. The summed E-state index contributed by atoms with van der Waals surface area (Å²) in [4.78, 5) is 0. The third kappa shape index (κ3) is 2.00. The molecule has 1 unspecified atom stereocenters. The van der Waals surface area contributed by atoms with E-state index in [-0.39, 0.29) is 6.23 Å². The maximum atomic E-state index is 5.60. The summed E-state index contributed by atoms with van der Waals surface area (Å²) in [5.74, 6) is 0. The molecule has 0 amide bonds. The number of aromatic nitrogens is 1. The predicted octanol–water partition coefficient (Wildman–Crippen LogP) is 2.68. The second-order valence-electron chi connectivity index (χ2n) is 3.53. The van der Waals surface area contributed by atoms with Crippen molar-refractivity contribution in [1.82, 2.24) is 0 Å². The minimum atomic E-state index is 0.0844. The second-order valence-corrected chi connectivity index (χ2v) is 3.53. The zero-order chi connectivity index (χ0) is 10.7. The van der Waals surface area contributed by atoms with Crippen LogP contribution in [0, 0.1) is 0 Å². The van der Waals surface area contributed by atoms with Gasteiger partial charge in [0.05, 0.1) is 6.61 Å². The standard InChI is InChI=1S/C13H16NO/c1-3-15-11(2)14-10-6-8-12-7-4-5-9-13(12)14/h4-11H,3H2,1-2H3/q+1. The van der Waals surface area contributed by atoms with Crippen LogP contribution in [0.4, 0.5) is 0 Å². The highest BCUT2D eigenvalue weighted by molar-refractivity contribution is 5.74. The molecule has 0 fully saturated rings. The van der Waals surface area contributed by atoms with Crippen LogP contribution >= 0.6 is 0 Å². The van der Waals surface area contributed by atoms with Crippen LogP contribution in [0.1, 0.15) is 20.1 Å². The van der Waals surface area contributed by atoms with Gasteiger partial charge in [-0.2, -0.15) is 4.57 Å². The second kappa shape index (κ2) is 4.41. The van der Waals surface area contributed by atoms with Gasteiger partial charge >= 0.3 is 0 Å². The van der Waals surface area contributed by atoms with Gasteiger partial charge in [0.15, 0.2) is 6.20 Å². The van der Waals surface area contributed by atoms with Crippen molar-refractivity contribution >= 4 is 10.9 Å². The molecule has 78 valence electrons. The maximum Gasteiger partial charge on any atom is 0.260 e. The van der Waals surface area contributed by atoms with Crippen molar-refractivity contribution in [3.63, 3.8) is 0 Å². The lowest BCUT2D eigenvalue weighted by Crippen LogP contribution is -2.39. The van der Waals surface area contributed by atoms with Crippen LogP contribution in [0.5, 0.6) is 0 Å². The van der Waals surface area contributed by atoms with E-state index in [1.165, 1.54) is 10.9 Å². The summed E-state index contributed by atoms with van der Waals surface area (Å²) in [6, 6.07) is 12.5. The number of para-hydroxylation sites is 1. The highest BCUT2D eigenvalue weighted by atomic mass is 16.5. The molecule has 1 aromatic heterocycles. The molecule has 0 aliphatic rings. The number of hydrogen-bond acceptors (Lipinski definition) is 1. The summed E-state index contributed by atoms with van der Waals surface area (Å²) in [7, 11) is 0. The number of pyridine rings is 1. The van der Waals surface area contributed by atoms with Gasteiger partial charge in [-0.25, -0.2) is 0 Å². The van der Waals surface area contributed by atoms with Gasteiger partial charge in [-0.3, -0.25) is 0 Å². The van der Waals surface area contributed by atoms with E-state index in [2.05, 4.69) is 54.1 Å². The lowest BCUT2D eigenvalue weighted by atomic mass is 10.2. The Bertz CT molecular complexity index is 448. The Kier molecular flexibility index (Phi) is 2.97. The van der Waals surface area contributed by atoms with Crippen molar-refractivity contribution in [3.8, 4) is 0 Å². The van der Waals surface area contributed by atoms with E-state index in [4.69, 9.17) is 4.74 Å². The normalized spacial score (nSPS) is 12.9.